The Bertz CT molecular complexity index is 1080. The molecule has 0 aliphatic carbocycles. The number of carbonyl (C=O) groups is 1. The quantitative estimate of drug-likeness (QED) is 0.215. The van der Waals surface area contributed by atoms with Crippen molar-refractivity contribution in [2.45, 2.75) is 13.1 Å². The summed E-state index contributed by atoms with van der Waals surface area (Å²) in [5.41, 5.74) is 0.232. The van der Waals surface area contributed by atoms with Crippen molar-refractivity contribution < 1.29 is 37.1 Å². The first kappa shape index (κ1) is 22.9. The summed E-state index contributed by atoms with van der Waals surface area (Å²) >= 11 is 0. The summed E-state index contributed by atoms with van der Waals surface area (Å²) in [6.45, 7) is 2.05. The van der Waals surface area contributed by atoms with Crippen molar-refractivity contribution in [3.63, 3.8) is 0 Å². The van der Waals surface area contributed by atoms with Crippen LogP contribution in [0.5, 0.6) is 5.75 Å². The number of benzene rings is 2. The third-order valence-electron chi connectivity index (χ3n) is 4.28. The first-order valence-electron chi connectivity index (χ1n) is 9.41. The lowest BCUT2D eigenvalue weighted by molar-refractivity contribution is -0.137. The van der Waals surface area contributed by atoms with E-state index in [9.17, 15) is 18.0 Å². The van der Waals surface area contributed by atoms with E-state index in [2.05, 4.69) is 10.3 Å². The number of carbonyl (C=O) groups excluding carboxylic acids is 1. The monoisotopic (exact) mass is 448 g/mol. The van der Waals surface area contributed by atoms with Gasteiger partial charge in [-0.1, -0.05) is 29.4 Å². The summed E-state index contributed by atoms with van der Waals surface area (Å²) in [5.74, 6) is -0.609. The molecule has 3 rings (SSSR count). The summed E-state index contributed by atoms with van der Waals surface area (Å²) in [4.78, 5) is 22.4. The van der Waals surface area contributed by atoms with Gasteiger partial charge in [-0.05, 0) is 47.5 Å². The molecular weight excluding hydrogens is 429 g/mol. The number of esters is 1. The van der Waals surface area contributed by atoms with Crippen LogP contribution in [0.2, 0.25) is 0 Å². The fraction of sp³-hybridized carbons (Fsp3) is 0.227. The van der Waals surface area contributed by atoms with Gasteiger partial charge in [-0.2, -0.15) is 13.2 Å². The van der Waals surface area contributed by atoms with Gasteiger partial charge in [0.25, 0.3) is 5.90 Å². The molecule has 0 radical (unpaired) electrons. The smallest absolute Gasteiger partial charge is 0.416 e. The summed E-state index contributed by atoms with van der Waals surface area (Å²) in [5, 5.41) is 7.70. The Labute approximate surface area is 181 Å². The van der Waals surface area contributed by atoms with Crippen molar-refractivity contribution in [1.29, 1.82) is 0 Å². The van der Waals surface area contributed by atoms with Crippen LogP contribution in [0.15, 0.2) is 64.9 Å². The van der Waals surface area contributed by atoms with Gasteiger partial charge in [-0.25, -0.2) is 4.79 Å². The van der Waals surface area contributed by atoms with Gasteiger partial charge < -0.3 is 19.1 Å². The number of oxime groups is 2. The number of hydrogen-bond acceptors (Lipinski definition) is 7. The van der Waals surface area contributed by atoms with Gasteiger partial charge in [0, 0.05) is 6.08 Å². The molecule has 0 saturated heterocycles. The number of alkyl halides is 3. The van der Waals surface area contributed by atoms with E-state index >= 15 is 0 Å². The summed E-state index contributed by atoms with van der Waals surface area (Å²) in [6, 6.07) is 11.1. The Morgan fingerprint density at radius 1 is 1.16 bits per heavy atom. The molecule has 2 aromatic carbocycles. The Morgan fingerprint density at radius 3 is 2.62 bits per heavy atom. The summed E-state index contributed by atoms with van der Waals surface area (Å²) in [6.07, 6.45) is -3.38. The number of halogens is 3. The van der Waals surface area contributed by atoms with Gasteiger partial charge in [-0.3, -0.25) is 0 Å². The first-order valence-corrected chi connectivity index (χ1v) is 9.41. The average Bonchev–Trinajstić information content (AvgIpc) is 2.78. The van der Waals surface area contributed by atoms with Crippen LogP contribution in [0.4, 0.5) is 13.2 Å². The van der Waals surface area contributed by atoms with Gasteiger partial charge in [0.05, 0.1) is 11.1 Å². The topological polar surface area (TPSA) is 78.7 Å². The molecule has 0 atom stereocenters. The largest absolute Gasteiger partial charge is 0.470 e. The molecule has 1 aliphatic rings. The molecule has 0 amide bonds. The fourth-order valence-corrected chi connectivity index (χ4v) is 2.80. The highest BCUT2D eigenvalue weighted by atomic mass is 19.4. The average molecular weight is 448 g/mol. The van der Waals surface area contributed by atoms with Crippen LogP contribution in [0.25, 0.3) is 5.57 Å². The van der Waals surface area contributed by atoms with Crippen molar-refractivity contribution >= 4 is 23.2 Å². The lowest BCUT2D eigenvalue weighted by atomic mass is 10.0. The van der Waals surface area contributed by atoms with Crippen LogP contribution in [-0.2, 0) is 25.4 Å². The molecule has 32 heavy (non-hydrogen) atoms. The third kappa shape index (κ3) is 5.65. The van der Waals surface area contributed by atoms with Gasteiger partial charge >= 0.3 is 12.1 Å². The second-order valence-corrected chi connectivity index (χ2v) is 6.52. The SMILES string of the molecule is CON=C(C1=NOCCO1)c1ccccc1OC(=O)C=C(C)c1cccc(C(F)(F)F)c1. The molecule has 2 aromatic rings. The molecule has 0 fully saturated rings. The maximum Gasteiger partial charge on any atom is 0.416 e. The lowest BCUT2D eigenvalue weighted by Gasteiger charge is -2.16. The van der Waals surface area contributed by atoms with Crippen LogP contribution in [0.3, 0.4) is 0 Å². The number of para-hydroxylation sites is 1. The minimum atomic E-state index is -4.49. The van der Waals surface area contributed by atoms with Crippen molar-refractivity contribution in [2.75, 3.05) is 20.3 Å². The number of allylic oxidation sites excluding steroid dienone is 1. The second-order valence-electron chi connectivity index (χ2n) is 6.52. The van der Waals surface area contributed by atoms with E-state index in [1.165, 1.54) is 32.2 Å². The Morgan fingerprint density at radius 2 is 1.94 bits per heavy atom. The maximum absolute atomic E-state index is 13.0. The van der Waals surface area contributed by atoms with Crippen molar-refractivity contribution in [2.24, 2.45) is 10.3 Å². The highest BCUT2D eigenvalue weighted by molar-refractivity contribution is 6.45. The zero-order valence-electron chi connectivity index (χ0n) is 17.2. The number of hydrogen-bond donors (Lipinski definition) is 0. The molecule has 0 unspecified atom stereocenters. The van der Waals surface area contributed by atoms with Gasteiger partial charge in [0.1, 0.15) is 19.5 Å². The standard InChI is InChI=1S/C22H19F3N2O5/c1-14(15-6-5-7-16(13-15)22(23,24)25)12-19(28)32-18-9-4-3-8-17(18)20(26-29-2)21-27-31-11-10-30-21/h3-9,12-13H,10-11H2,1-2H3. The van der Waals surface area contributed by atoms with E-state index < -0.39 is 17.7 Å². The molecule has 0 spiro atoms. The Balaban J connectivity index is 1.86. The molecule has 0 saturated carbocycles. The van der Waals surface area contributed by atoms with Crippen molar-refractivity contribution in [3.8, 4) is 5.75 Å². The zero-order valence-corrected chi connectivity index (χ0v) is 17.2. The predicted molar refractivity (Wildman–Crippen MR) is 110 cm³/mol. The minimum absolute atomic E-state index is 0.0530. The summed E-state index contributed by atoms with van der Waals surface area (Å²) in [7, 11) is 1.33. The number of ether oxygens (including phenoxy) is 2. The second kappa shape index (κ2) is 9.99. The molecule has 168 valence electrons. The Kier molecular flexibility index (Phi) is 7.14. The predicted octanol–water partition coefficient (Wildman–Crippen LogP) is 4.43. The fourth-order valence-electron chi connectivity index (χ4n) is 2.80. The normalized spacial score (nSPS) is 14.7. The van der Waals surface area contributed by atoms with Crippen LogP contribution in [0, 0.1) is 0 Å². The highest BCUT2D eigenvalue weighted by Gasteiger charge is 2.30. The van der Waals surface area contributed by atoms with E-state index in [1.54, 1.807) is 18.2 Å². The van der Waals surface area contributed by atoms with Gasteiger partial charge in [-0.15, -0.1) is 0 Å². The van der Waals surface area contributed by atoms with Crippen molar-refractivity contribution in [1.82, 2.24) is 0 Å². The molecule has 1 aliphatic heterocycles. The number of nitrogens with zero attached hydrogens (tertiary/aromatic N) is 2. The number of rotatable bonds is 6. The molecule has 1 heterocycles. The molecule has 7 nitrogen and oxygen atoms in total. The van der Waals surface area contributed by atoms with E-state index in [1.807, 2.05) is 0 Å². The van der Waals surface area contributed by atoms with Crippen LogP contribution in [-0.4, -0.2) is 37.9 Å². The van der Waals surface area contributed by atoms with Gasteiger partial charge in [0.15, 0.2) is 12.3 Å². The minimum Gasteiger partial charge on any atom is -0.470 e. The van der Waals surface area contributed by atoms with Gasteiger partial charge in [0.2, 0.25) is 0 Å². The third-order valence-corrected chi connectivity index (χ3v) is 4.28. The van der Waals surface area contributed by atoms with Crippen LogP contribution < -0.4 is 4.74 Å². The lowest BCUT2D eigenvalue weighted by Crippen LogP contribution is -2.26. The molecule has 0 aromatic heterocycles. The maximum atomic E-state index is 13.0. The zero-order chi connectivity index (χ0) is 23.1. The highest BCUT2D eigenvalue weighted by Crippen LogP contribution is 2.31. The van der Waals surface area contributed by atoms with Crippen molar-refractivity contribution in [3.05, 3.63) is 71.3 Å². The van der Waals surface area contributed by atoms with Crippen LogP contribution in [0.1, 0.15) is 23.6 Å². The van der Waals surface area contributed by atoms with E-state index in [-0.39, 0.29) is 36.1 Å². The van der Waals surface area contributed by atoms with E-state index in [0.717, 1.165) is 18.2 Å². The van der Waals surface area contributed by atoms with E-state index in [4.69, 9.17) is 19.1 Å². The molecule has 10 heteroatoms. The first-order chi connectivity index (χ1) is 15.3. The van der Waals surface area contributed by atoms with E-state index in [0.29, 0.717) is 11.1 Å². The van der Waals surface area contributed by atoms with Crippen LogP contribution >= 0.6 is 0 Å². The molecular formula is C22H19F3N2O5. The Hall–Kier alpha value is -3.82. The molecule has 0 bridgehead atoms. The molecule has 0 N–H and O–H groups in total. The summed E-state index contributed by atoms with van der Waals surface area (Å²) < 4.78 is 49.7.